The third-order valence-corrected chi connectivity index (χ3v) is 7.79. The predicted molar refractivity (Wildman–Crippen MR) is 161 cm³/mol. The number of imidazole rings is 1. The minimum atomic E-state index is 0.658. The van der Waals surface area contributed by atoms with E-state index in [2.05, 4.69) is 77.2 Å². The zero-order valence-electron chi connectivity index (χ0n) is 21.2. The van der Waals surface area contributed by atoms with Gasteiger partial charge in [0.1, 0.15) is 16.8 Å². The topological polar surface area (TPSA) is 56.2 Å². The summed E-state index contributed by atoms with van der Waals surface area (Å²) in [5, 5.41) is 5.25. The standard InChI is InChI=1S/C35H20N4O/c1-2-11-21(12-3-1)33-37-31(26-17-10-16-24-22-13-6-9-20-29(22)40-32(24)26)30-23-14-4-5-15-25(23)34-36-27-18-7-8-19-28(27)39(34)35(30)38-33/h1-20H. The summed E-state index contributed by atoms with van der Waals surface area (Å²) < 4.78 is 8.69. The maximum Gasteiger partial charge on any atom is 0.162 e. The molecule has 0 saturated heterocycles. The summed E-state index contributed by atoms with van der Waals surface area (Å²) in [4.78, 5) is 15.6. The molecule has 0 saturated carbocycles. The monoisotopic (exact) mass is 512 g/mol. The molecule has 0 unspecified atom stereocenters. The molecule has 186 valence electrons. The van der Waals surface area contributed by atoms with E-state index in [9.17, 15) is 0 Å². The molecule has 4 aromatic heterocycles. The van der Waals surface area contributed by atoms with Crippen LogP contribution in [-0.2, 0) is 0 Å². The van der Waals surface area contributed by atoms with E-state index in [1.165, 1.54) is 0 Å². The number of hydrogen-bond donors (Lipinski definition) is 0. The lowest BCUT2D eigenvalue weighted by molar-refractivity contribution is 0.670. The Kier molecular flexibility index (Phi) is 4.27. The van der Waals surface area contributed by atoms with Gasteiger partial charge in [-0.2, -0.15) is 0 Å². The summed E-state index contributed by atoms with van der Waals surface area (Å²) in [7, 11) is 0. The molecule has 0 atom stereocenters. The second-order valence-corrected chi connectivity index (χ2v) is 10.0. The lowest BCUT2D eigenvalue weighted by Gasteiger charge is -2.14. The molecule has 0 spiro atoms. The van der Waals surface area contributed by atoms with Crippen LogP contribution in [0.2, 0.25) is 0 Å². The molecule has 0 aliphatic carbocycles. The number of pyridine rings is 1. The Hall–Kier alpha value is -5.55. The van der Waals surface area contributed by atoms with Gasteiger partial charge in [0.25, 0.3) is 0 Å². The summed E-state index contributed by atoms with van der Waals surface area (Å²) in [6, 6.07) is 41.3. The second kappa shape index (κ2) is 7.98. The van der Waals surface area contributed by atoms with Crippen molar-refractivity contribution >= 4 is 60.4 Å². The van der Waals surface area contributed by atoms with Crippen molar-refractivity contribution in [2.75, 3.05) is 0 Å². The van der Waals surface area contributed by atoms with E-state index in [4.69, 9.17) is 19.4 Å². The Morgan fingerprint density at radius 1 is 0.525 bits per heavy atom. The van der Waals surface area contributed by atoms with Crippen LogP contribution >= 0.6 is 0 Å². The van der Waals surface area contributed by atoms with Crippen LogP contribution in [0.5, 0.6) is 0 Å². The summed E-state index contributed by atoms with van der Waals surface area (Å²) in [5.41, 5.74) is 8.06. The van der Waals surface area contributed by atoms with E-state index in [1.54, 1.807) is 0 Å². The summed E-state index contributed by atoms with van der Waals surface area (Å²) >= 11 is 0. The molecule has 5 nitrogen and oxygen atoms in total. The van der Waals surface area contributed by atoms with E-state index in [-0.39, 0.29) is 0 Å². The summed E-state index contributed by atoms with van der Waals surface area (Å²) in [5.74, 6) is 0.658. The van der Waals surface area contributed by atoms with Crippen molar-refractivity contribution in [2.24, 2.45) is 0 Å². The number of aromatic nitrogens is 4. The molecule has 0 aliphatic heterocycles. The van der Waals surface area contributed by atoms with Gasteiger partial charge in [-0.15, -0.1) is 0 Å². The predicted octanol–water partition coefficient (Wildman–Crippen LogP) is 8.82. The van der Waals surface area contributed by atoms with Crippen LogP contribution in [-0.4, -0.2) is 19.4 Å². The van der Waals surface area contributed by atoms with Gasteiger partial charge in [-0.1, -0.05) is 97.1 Å². The van der Waals surface area contributed by atoms with Gasteiger partial charge in [-0.25, -0.2) is 15.0 Å². The van der Waals surface area contributed by atoms with Crippen LogP contribution in [0.15, 0.2) is 126 Å². The van der Waals surface area contributed by atoms with Gasteiger partial charge in [0, 0.05) is 27.3 Å². The van der Waals surface area contributed by atoms with Crippen molar-refractivity contribution in [3.05, 3.63) is 121 Å². The number of furan rings is 1. The fourth-order valence-corrected chi connectivity index (χ4v) is 6.02. The lowest BCUT2D eigenvalue weighted by atomic mass is 10.00. The molecule has 0 radical (unpaired) electrons. The summed E-state index contributed by atoms with van der Waals surface area (Å²) in [6.07, 6.45) is 0. The lowest BCUT2D eigenvalue weighted by Crippen LogP contribution is -2.01. The highest BCUT2D eigenvalue weighted by Crippen LogP contribution is 2.41. The van der Waals surface area contributed by atoms with Gasteiger partial charge < -0.3 is 4.42 Å². The van der Waals surface area contributed by atoms with Gasteiger partial charge in [0.2, 0.25) is 0 Å². The van der Waals surface area contributed by atoms with Gasteiger partial charge in [0.05, 0.1) is 22.1 Å². The molecule has 0 N–H and O–H groups in total. The SMILES string of the molecule is c1ccc(-c2nc(-c3cccc4c3oc3ccccc34)c3c4ccccc4c4nc5ccccc5n4c3n2)cc1. The Morgan fingerprint density at radius 2 is 1.25 bits per heavy atom. The van der Waals surface area contributed by atoms with Crippen LogP contribution in [0, 0.1) is 0 Å². The second-order valence-electron chi connectivity index (χ2n) is 10.0. The van der Waals surface area contributed by atoms with E-state index in [0.29, 0.717) is 5.82 Å². The molecule has 5 aromatic carbocycles. The van der Waals surface area contributed by atoms with Crippen LogP contribution < -0.4 is 0 Å². The first-order chi connectivity index (χ1) is 19.8. The van der Waals surface area contributed by atoms with Crippen molar-refractivity contribution in [3.63, 3.8) is 0 Å². The third-order valence-electron chi connectivity index (χ3n) is 7.79. The van der Waals surface area contributed by atoms with Gasteiger partial charge in [-0.05, 0) is 29.7 Å². The van der Waals surface area contributed by atoms with E-state index < -0.39 is 0 Å². The highest BCUT2D eigenvalue weighted by Gasteiger charge is 2.22. The zero-order valence-corrected chi connectivity index (χ0v) is 21.2. The Morgan fingerprint density at radius 3 is 2.15 bits per heavy atom. The molecule has 4 heterocycles. The van der Waals surface area contributed by atoms with E-state index in [1.807, 2.05) is 48.5 Å². The Balaban J connectivity index is 1.55. The van der Waals surface area contributed by atoms with Crippen LogP contribution in [0.3, 0.4) is 0 Å². The Bertz CT molecular complexity index is 2440. The largest absolute Gasteiger partial charge is 0.455 e. The van der Waals surface area contributed by atoms with E-state index in [0.717, 1.165) is 77.2 Å². The molecule has 5 heteroatoms. The molecule has 40 heavy (non-hydrogen) atoms. The van der Waals surface area contributed by atoms with Crippen LogP contribution in [0.1, 0.15) is 0 Å². The molecule has 0 amide bonds. The van der Waals surface area contributed by atoms with Crippen LogP contribution in [0.4, 0.5) is 0 Å². The number of nitrogens with zero attached hydrogens (tertiary/aromatic N) is 4. The molecule has 9 aromatic rings. The highest BCUT2D eigenvalue weighted by atomic mass is 16.3. The maximum atomic E-state index is 6.51. The third kappa shape index (κ3) is 2.89. The minimum absolute atomic E-state index is 0.658. The molecule has 0 aliphatic rings. The van der Waals surface area contributed by atoms with Crippen LogP contribution in [0.25, 0.3) is 83.1 Å². The van der Waals surface area contributed by atoms with Crippen molar-refractivity contribution in [1.29, 1.82) is 0 Å². The normalized spacial score (nSPS) is 12.0. The first-order valence-electron chi connectivity index (χ1n) is 13.3. The first-order valence-corrected chi connectivity index (χ1v) is 13.3. The van der Waals surface area contributed by atoms with Crippen molar-refractivity contribution in [1.82, 2.24) is 19.4 Å². The van der Waals surface area contributed by atoms with Gasteiger partial charge in [0.15, 0.2) is 11.5 Å². The minimum Gasteiger partial charge on any atom is -0.455 e. The zero-order chi connectivity index (χ0) is 26.2. The molecule has 0 fully saturated rings. The molecule has 9 rings (SSSR count). The highest BCUT2D eigenvalue weighted by molar-refractivity contribution is 6.19. The van der Waals surface area contributed by atoms with E-state index >= 15 is 0 Å². The first kappa shape index (κ1) is 21.4. The molecular weight excluding hydrogens is 492 g/mol. The average Bonchev–Trinajstić information content (AvgIpc) is 3.60. The number of hydrogen-bond acceptors (Lipinski definition) is 4. The summed E-state index contributed by atoms with van der Waals surface area (Å²) in [6.45, 7) is 0. The number of benzene rings is 5. The fraction of sp³-hybridized carbons (Fsp3) is 0. The van der Waals surface area contributed by atoms with Gasteiger partial charge in [-0.3, -0.25) is 4.40 Å². The quantitative estimate of drug-likeness (QED) is 0.217. The molecular formula is C35H20N4O. The van der Waals surface area contributed by atoms with Crippen molar-refractivity contribution < 1.29 is 4.42 Å². The van der Waals surface area contributed by atoms with Crippen molar-refractivity contribution in [3.8, 4) is 22.6 Å². The maximum absolute atomic E-state index is 6.51. The smallest absolute Gasteiger partial charge is 0.162 e. The van der Waals surface area contributed by atoms with Gasteiger partial charge >= 0.3 is 0 Å². The number of fused-ring (bicyclic) bond motifs is 11. The number of para-hydroxylation sites is 4. The average molecular weight is 513 g/mol. The number of rotatable bonds is 2. The fourth-order valence-electron chi connectivity index (χ4n) is 6.02. The molecule has 0 bridgehead atoms. The Labute approximate surface area is 228 Å². The van der Waals surface area contributed by atoms with Crippen molar-refractivity contribution in [2.45, 2.75) is 0 Å².